The van der Waals surface area contributed by atoms with Gasteiger partial charge in [-0.1, -0.05) is 0 Å². The van der Waals surface area contributed by atoms with Gasteiger partial charge in [0.1, 0.15) is 6.61 Å². The van der Waals surface area contributed by atoms with Gasteiger partial charge in [-0.2, -0.15) is 13.4 Å². The highest BCUT2D eigenvalue weighted by Crippen LogP contribution is 2.33. The monoisotopic (exact) mass is 357 g/mol. The maximum absolute atomic E-state index is 11.8. The van der Waals surface area contributed by atoms with Crippen molar-refractivity contribution < 1.29 is 22.1 Å². The molecule has 3 rings (SSSR count). The van der Waals surface area contributed by atoms with Crippen LogP contribution in [0, 0.1) is 0 Å². The molecule has 0 radical (unpaired) electrons. The highest BCUT2D eigenvalue weighted by Gasteiger charge is 2.41. The zero-order valence-corrected chi connectivity index (χ0v) is 13.6. The van der Waals surface area contributed by atoms with Crippen LogP contribution in [0.2, 0.25) is 0 Å². The van der Waals surface area contributed by atoms with Gasteiger partial charge in [-0.05, 0) is 12.2 Å². The van der Waals surface area contributed by atoms with Gasteiger partial charge in [0, 0.05) is 7.11 Å². The molecule has 0 bridgehead atoms. The molecule has 1 aliphatic rings. The fourth-order valence-corrected chi connectivity index (χ4v) is 3.06. The number of anilines is 1. The first-order valence-corrected chi connectivity index (χ1v) is 8.54. The van der Waals surface area contributed by atoms with Gasteiger partial charge in [0.25, 0.3) is 15.7 Å². The van der Waals surface area contributed by atoms with Gasteiger partial charge < -0.3 is 15.2 Å². The SMILES string of the molecule is COC[C@]1(OS(C)(=O)=O)C=C[C@H](n2cnc3c(=O)[nH]c(N)nc32)O1. The van der Waals surface area contributed by atoms with Gasteiger partial charge in [-0.3, -0.25) is 14.3 Å². The second-order valence-corrected chi connectivity index (χ2v) is 6.75. The van der Waals surface area contributed by atoms with Gasteiger partial charge in [-0.15, -0.1) is 0 Å². The van der Waals surface area contributed by atoms with E-state index >= 15 is 0 Å². The van der Waals surface area contributed by atoms with E-state index < -0.39 is 27.7 Å². The second-order valence-electron chi connectivity index (χ2n) is 5.18. The molecule has 3 heterocycles. The average molecular weight is 357 g/mol. The molecular weight excluding hydrogens is 342 g/mol. The molecule has 0 saturated heterocycles. The number of hydrogen-bond acceptors (Lipinski definition) is 9. The fraction of sp³-hybridized carbons (Fsp3) is 0.417. The predicted molar refractivity (Wildman–Crippen MR) is 82.4 cm³/mol. The molecule has 0 unspecified atom stereocenters. The van der Waals surface area contributed by atoms with E-state index in [1.807, 2.05) is 0 Å². The molecule has 0 fully saturated rings. The molecule has 11 nitrogen and oxygen atoms in total. The molecule has 130 valence electrons. The lowest BCUT2D eigenvalue weighted by atomic mass is 10.3. The van der Waals surface area contributed by atoms with Crippen molar-refractivity contribution in [2.75, 3.05) is 25.7 Å². The first-order chi connectivity index (χ1) is 11.2. The van der Waals surface area contributed by atoms with E-state index in [0.717, 1.165) is 6.26 Å². The topological polar surface area (TPSA) is 151 Å². The van der Waals surface area contributed by atoms with Gasteiger partial charge in [0.2, 0.25) is 11.7 Å². The van der Waals surface area contributed by atoms with Gasteiger partial charge in [0.05, 0.1) is 12.6 Å². The van der Waals surface area contributed by atoms with Crippen molar-refractivity contribution >= 4 is 27.2 Å². The number of rotatable bonds is 5. The van der Waals surface area contributed by atoms with Crippen molar-refractivity contribution in [3.63, 3.8) is 0 Å². The van der Waals surface area contributed by atoms with E-state index in [2.05, 4.69) is 15.0 Å². The molecule has 2 aromatic heterocycles. The summed E-state index contributed by atoms with van der Waals surface area (Å²) in [6, 6.07) is 0. The molecule has 0 saturated carbocycles. The predicted octanol–water partition coefficient (Wildman–Crippen LogP) is -0.894. The summed E-state index contributed by atoms with van der Waals surface area (Å²) in [6.07, 6.45) is 4.41. The Bertz CT molecular complexity index is 964. The number of hydrogen-bond donors (Lipinski definition) is 2. The summed E-state index contributed by atoms with van der Waals surface area (Å²) >= 11 is 0. The Hall–Kier alpha value is -2.28. The Labute approximate surface area is 136 Å². The van der Waals surface area contributed by atoms with Crippen molar-refractivity contribution in [2.24, 2.45) is 0 Å². The number of imidazole rings is 1. The minimum atomic E-state index is -3.81. The summed E-state index contributed by atoms with van der Waals surface area (Å²) in [5.74, 6) is -1.69. The van der Waals surface area contributed by atoms with Crippen LogP contribution in [0.5, 0.6) is 0 Å². The third-order valence-corrected chi connectivity index (χ3v) is 3.78. The molecule has 1 aliphatic heterocycles. The largest absolute Gasteiger partial charge is 0.379 e. The van der Waals surface area contributed by atoms with Crippen LogP contribution in [0.15, 0.2) is 23.3 Å². The van der Waals surface area contributed by atoms with Crippen molar-refractivity contribution in [3.05, 3.63) is 28.8 Å². The lowest BCUT2D eigenvalue weighted by molar-refractivity contribution is -0.192. The van der Waals surface area contributed by atoms with E-state index in [1.165, 1.54) is 24.1 Å². The zero-order chi connectivity index (χ0) is 17.5. The van der Waals surface area contributed by atoms with E-state index in [4.69, 9.17) is 19.4 Å². The summed E-state index contributed by atoms with van der Waals surface area (Å²) in [4.78, 5) is 22.1. The second kappa shape index (κ2) is 5.66. The summed E-state index contributed by atoms with van der Waals surface area (Å²) in [5, 5.41) is 0. The molecular formula is C12H15N5O6S. The maximum atomic E-state index is 11.8. The quantitative estimate of drug-likeness (QED) is 0.512. The number of nitrogens with two attached hydrogens (primary N) is 1. The molecule has 2 atom stereocenters. The number of aromatic amines is 1. The van der Waals surface area contributed by atoms with Crippen LogP contribution < -0.4 is 11.3 Å². The number of nitrogen functional groups attached to an aromatic ring is 1. The van der Waals surface area contributed by atoms with Crippen LogP contribution >= 0.6 is 0 Å². The maximum Gasteiger partial charge on any atom is 0.280 e. The van der Waals surface area contributed by atoms with Gasteiger partial charge in [-0.25, -0.2) is 9.17 Å². The number of nitrogens with zero attached hydrogens (tertiary/aromatic N) is 3. The highest BCUT2D eigenvalue weighted by atomic mass is 32.2. The van der Waals surface area contributed by atoms with Crippen molar-refractivity contribution in [1.29, 1.82) is 0 Å². The minimum absolute atomic E-state index is 0.0771. The zero-order valence-electron chi connectivity index (χ0n) is 12.8. The molecule has 3 N–H and O–H groups in total. The Kier molecular flexibility index (Phi) is 3.91. The van der Waals surface area contributed by atoms with Crippen LogP contribution in [0.4, 0.5) is 5.95 Å². The van der Waals surface area contributed by atoms with E-state index in [0.29, 0.717) is 0 Å². The lowest BCUT2D eigenvalue weighted by Gasteiger charge is -2.27. The highest BCUT2D eigenvalue weighted by molar-refractivity contribution is 7.86. The standard InChI is InChI=1S/C12H15N5O6S/c1-21-5-12(23-24(2,19)20)4-3-7(22-12)17-6-14-8-9(17)15-11(13)16-10(8)18/h3-4,6-7H,5H2,1-2H3,(H3,13,15,16,18)/t7-,12-/m1/s1. The summed E-state index contributed by atoms with van der Waals surface area (Å²) in [7, 11) is -2.43. The summed E-state index contributed by atoms with van der Waals surface area (Å²) in [6.45, 7) is -0.157. The van der Waals surface area contributed by atoms with E-state index in [9.17, 15) is 13.2 Å². The number of fused-ring (bicyclic) bond motifs is 1. The van der Waals surface area contributed by atoms with Gasteiger partial charge >= 0.3 is 0 Å². The number of H-pyrrole nitrogens is 1. The number of methoxy groups -OCH3 is 1. The van der Waals surface area contributed by atoms with Crippen LogP contribution in [0.1, 0.15) is 6.23 Å². The molecule has 2 aromatic rings. The van der Waals surface area contributed by atoms with Crippen molar-refractivity contribution in [1.82, 2.24) is 19.5 Å². The van der Waals surface area contributed by atoms with E-state index in [1.54, 1.807) is 6.08 Å². The van der Waals surface area contributed by atoms with Gasteiger partial charge in [0.15, 0.2) is 17.4 Å². The molecule has 0 amide bonds. The normalized spacial score (nSPS) is 24.0. The Morgan fingerprint density at radius 2 is 2.29 bits per heavy atom. The van der Waals surface area contributed by atoms with Crippen LogP contribution in [0.3, 0.4) is 0 Å². The molecule has 12 heteroatoms. The van der Waals surface area contributed by atoms with Crippen molar-refractivity contribution in [2.45, 2.75) is 12.0 Å². The molecule has 24 heavy (non-hydrogen) atoms. The Morgan fingerprint density at radius 1 is 1.54 bits per heavy atom. The number of ether oxygens (including phenoxy) is 2. The molecule has 0 aliphatic carbocycles. The van der Waals surface area contributed by atoms with Crippen LogP contribution in [-0.2, 0) is 23.8 Å². The van der Waals surface area contributed by atoms with E-state index in [-0.39, 0.29) is 23.7 Å². The third-order valence-electron chi connectivity index (χ3n) is 3.20. The minimum Gasteiger partial charge on any atom is -0.379 e. The first kappa shape index (κ1) is 16.6. The number of nitrogens with one attached hydrogen (secondary N) is 1. The Morgan fingerprint density at radius 3 is 2.96 bits per heavy atom. The van der Waals surface area contributed by atoms with Crippen molar-refractivity contribution in [3.8, 4) is 0 Å². The first-order valence-electron chi connectivity index (χ1n) is 6.72. The fourth-order valence-electron chi connectivity index (χ4n) is 2.40. The lowest BCUT2D eigenvalue weighted by Crippen LogP contribution is -2.39. The van der Waals surface area contributed by atoms with Crippen LogP contribution in [0.25, 0.3) is 11.2 Å². The average Bonchev–Trinajstić information content (AvgIpc) is 3.01. The number of aromatic nitrogens is 4. The van der Waals surface area contributed by atoms with Crippen LogP contribution in [-0.4, -0.2) is 53.7 Å². The summed E-state index contributed by atoms with van der Waals surface area (Å²) < 4.78 is 40.1. The molecule has 0 aromatic carbocycles. The third kappa shape index (κ3) is 3.03. The smallest absolute Gasteiger partial charge is 0.280 e. The Balaban J connectivity index is 1.99. The summed E-state index contributed by atoms with van der Waals surface area (Å²) in [5.41, 5.74) is 5.32. The molecule has 0 spiro atoms.